The second-order valence-electron chi connectivity index (χ2n) is 4.81. The van der Waals surface area contributed by atoms with Gasteiger partial charge >= 0.3 is 0 Å². The van der Waals surface area contributed by atoms with Crippen molar-refractivity contribution < 1.29 is 0 Å². The number of nitrogens with zero attached hydrogens (tertiary/aromatic N) is 1. The lowest BCUT2D eigenvalue weighted by Crippen LogP contribution is -2.36. The number of aromatic amines is 1. The molecule has 4 nitrogen and oxygen atoms in total. The third kappa shape index (κ3) is 3.52. The summed E-state index contributed by atoms with van der Waals surface area (Å²) in [5, 5.41) is 3.15. The van der Waals surface area contributed by atoms with Crippen molar-refractivity contribution in [2.75, 3.05) is 11.2 Å². The van der Waals surface area contributed by atoms with E-state index < -0.39 is 0 Å². The van der Waals surface area contributed by atoms with Gasteiger partial charge < -0.3 is 10.3 Å². The number of aromatic nitrogens is 2. The molecule has 2 N–H and O–H groups in total. The van der Waals surface area contributed by atoms with Crippen LogP contribution in [0.1, 0.15) is 27.2 Å². The summed E-state index contributed by atoms with van der Waals surface area (Å²) in [5.41, 5.74) is -0.176. The largest absolute Gasteiger partial charge is 0.362 e. The van der Waals surface area contributed by atoms with Crippen LogP contribution in [0.5, 0.6) is 0 Å². The Morgan fingerprint density at radius 1 is 1.56 bits per heavy atom. The van der Waals surface area contributed by atoms with Crippen LogP contribution in [0.2, 0.25) is 0 Å². The molecule has 0 aliphatic heterocycles. The lowest BCUT2D eigenvalue weighted by molar-refractivity contribution is 0.333. The number of hydrogen-bond donors (Lipinski definition) is 2. The van der Waals surface area contributed by atoms with E-state index >= 15 is 0 Å². The van der Waals surface area contributed by atoms with Gasteiger partial charge in [-0.3, -0.25) is 4.79 Å². The highest BCUT2D eigenvalue weighted by atomic mass is 35.5. The molecule has 1 atom stereocenters. The van der Waals surface area contributed by atoms with Gasteiger partial charge in [0.15, 0.2) is 5.82 Å². The predicted octanol–water partition coefficient (Wildman–Crippen LogP) is 2.23. The van der Waals surface area contributed by atoms with Crippen molar-refractivity contribution in [2.24, 2.45) is 5.41 Å². The number of H-pyrrole nitrogens is 1. The first-order valence-corrected chi connectivity index (χ1v) is 5.85. The molecule has 0 aliphatic carbocycles. The van der Waals surface area contributed by atoms with Crippen molar-refractivity contribution in [1.82, 2.24) is 9.97 Å². The van der Waals surface area contributed by atoms with Crippen LogP contribution in [0.25, 0.3) is 0 Å². The molecule has 0 saturated heterocycles. The highest BCUT2D eigenvalue weighted by Gasteiger charge is 2.24. The Bertz CT molecular complexity index is 383. The lowest BCUT2D eigenvalue weighted by atomic mass is 9.85. The molecule has 0 radical (unpaired) electrons. The highest BCUT2D eigenvalue weighted by Crippen LogP contribution is 2.24. The first-order chi connectivity index (χ1) is 7.45. The van der Waals surface area contributed by atoms with Crippen LogP contribution >= 0.6 is 11.6 Å². The summed E-state index contributed by atoms with van der Waals surface area (Å²) >= 11 is 5.76. The number of nitrogens with one attached hydrogen (secondary N) is 2. The summed E-state index contributed by atoms with van der Waals surface area (Å²) < 4.78 is 0. The summed E-state index contributed by atoms with van der Waals surface area (Å²) in [7, 11) is 0. The minimum atomic E-state index is -0.202. The topological polar surface area (TPSA) is 57.8 Å². The Hall–Kier alpha value is -1.03. The number of rotatable bonds is 4. The average Bonchev–Trinajstić information content (AvgIpc) is 2.19. The van der Waals surface area contributed by atoms with Crippen LogP contribution in [0.4, 0.5) is 5.82 Å². The second-order valence-corrected chi connectivity index (χ2v) is 5.19. The summed E-state index contributed by atoms with van der Waals surface area (Å²) in [6.07, 6.45) is 3.87. The number of alkyl halides is 1. The maximum atomic E-state index is 11.5. The van der Waals surface area contributed by atoms with Crippen molar-refractivity contribution in [1.29, 1.82) is 0 Å². The summed E-state index contributed by atoms with van der Waals surface area (Å²) in [6.45, 7) is 6.32. The van der Waals surface area contributed by atoms with Gasteiger partial charge in [0.05, 0.1) is 0 Å². The van der Waals surface area contributed by atoms with Gasteiger partial charge in [-0.25, -0.2) is 4.98 Å². The summed E-state index contributed by atoms with van der Waals surface area (Å²) in [6, 6.07) is 0.126. The molecule has 0 aromatic carbocycles. The normalized spacial score (nSPS) is 13.5. The maximum Gasteiger partial charge on any atom is 0.290 e. The number of hydrogen-bond acceptors (Lipinski definition) is 3. The van der Waals surface area contributed by atoms with Gasteiger partial charge in [0.2, 0.25) is 0 Å². The number of halogens is 1. The fraction of sp³-hybridized carbons (Fsp3) is 0.636. The molecule has 5 heteroatoms. The van der Waals surface area contributed by atoms with E-state index in [0.717, 1.165) is 6.42 Å². The molecule has 1 unspecified atom stereocenters. The molecule has 0 spiro atoms. The smallest absolute Gasteiger partial charge is 0.290 e. The summed E-state index contributed by atoms with van der Waals surface area (Å²) in [5.74, 6) is 0.909. The Labute approximate surface area is 100 Å². The molecule has 0 bridgehead atoms. The number of anilines is 1. The van der Waals surface area contributed by atoms with E-state index in [1.165, 1.54) is 6.20 Å². The van der Waals surface area contributed by atoms with E-state index in [1.807, 2.05) is 0 Å². The van der Waals surface area contributed by atoms with Crippen LogP contribution in [0.3, 0.4) is 0 Å². The van der Waals surface area contributed by atoms with Gasteiger partial charge in [0.25, 0.3) is 5.56 Å². The predicted molar refractivity (Wildman–Crippen MR) is 67.1 cm³/mol. The Morgan fingerprint density at radius 2 is 2.25 bits per heavy atom. The van der Waals surface area contributed by atoms with Gasteiger partial charge in [0.1, 0.15) is 0 Å². The Kier molecular flexibility index (Phi) is 4.35. The molecule has 1 heterocycles. The maximum absolute atomic E-state index is 11.5. The average molecular weight is 244 g/mol. The molecule has 16 heavy (non-hydrogen) atoms. The zero-order valence-corrected chi connectivity index (χ0v) is 10.6. The minimum absolute atomic E-state index is 0.0266. The molecule has 0 fully saturated rings. The van der Waals surface area contributed by atoms with E-state index in [0.29, 0.717) is 11.7 Å². The highest BCUT2D eigenvalue weighted by molar-refractivity contribution is 6.17. The summed E-state index contributed by atoms with van der Waals surface area (Å²) in [4.78, 5) is 18.1. The van der Waals surface area contributed by atoms with Crippen LogP contribution in [0.15, 0.2) is 17.2 Å². The third-order valence-corrected chi connectivity index (χ3v) is 2.68. The van der Waals surface area contributed by atoms with Gasteiger partial charge in [0, 0.05) is 24.3 Å². The molecule has 90 valence electrons. The first-order valence-electron chi connectivity index (χ1n) is 5.31. The quantitative estimate of drug-likeness (QED) is 0.798. The van der Waals surface area contributed by atoms with Crippen LogP contribution in [0, 0.1) is 5.41 Å². The molecule has 1 aromatic heterocycles. The van der Waals surface area contributed by atoms with Crippen LogP contribution in [-0.2, 0) is 0 Å². The van der Waals surface area contributed by atoms with Gasteiger partial charge in [-0.05, 0) is 11.8 Å². The van der Waals surface area contributed by atoms with Crippen molar-refractivity contribution in [3.63, 3.8) is 0 Å². The lowest BCUT2D eigenvalue weighted by Gasteiger charge is -2.31. The molecular formula is C11H18ClN3O. The zero-order valence-electron chi connectivity index (χ0n) is 9.88. The molecule has 1 rings (SSSR count). The van der Waals surface area contributed by atoms with Crippen LogP contribution < -0.4 is 10.9 Å². The van der Waals surface area contributed by atoms with E-state index in [-0.39, 0.29) is 17.0 Å². The molecule has 0 aliphatic rings. The van der Waals surface area contributed by atoms with E-state index in [4.69, 9.17) is 11.6 Å². The molecule has 0 amide bonds. The molecular weight excluding hydrogens is 226 g/mol. The van der Waals surface area contributed by atoms with E-state index in [9.17, 15) is 4.79 Å². The van der Waals surface area contributed by atoms with Gasteiger partial charge in [-0.1, -0.05) is 20.8 Å². The van der Waals surface area contributed by atoms with Gasteiger partial charge in [-0.15, -0.1) is 11.6 Å². The van der Waals surface area contributed by atoms with Crippen LogP contribution in [-0.4, -0.2) is 21.9 Å². The Morgan fingerprint density at radius 3 is 2.75 bits per heavy atom. The fourth-order valence-electron chi connectivity index (χ4n) is 1.45. The van der Waals surface area contributed by atoms with Crippen molar-refractivity contribution in [3.05, 3.63) is 22.7 Å². The van der Waals surface area contributed by atoms with Crippen molar-refractivity contribution in [3.8, 4) is 0 Å². The van der Waals surface area contributed by atoms with Crippen molar-refractivity contribution >= 4 is 17.4 Å². The Balaban J connectivity index is 2.84. The minimum Gasteiger partial charge on any atom is -0.362 e. The SMILES string of the molecule is CC(C)(C)C(CCCl)Nc1ncc[nH]c1=O. The zero-order chi connectivity index (χ0) is 12.2. The third-order valence-electron chi connectivity index (χ3n) is 2.46. The second kappa shape index (κ2) is 5.34. The molecule has 1 aromatic rings. The fourth-order valence-corrected chi connectivity index (χ4v) is 1.67. The molecule has 0 saturated carbocycles. The monoisotopic (exact) mass is 243 g/mol. The van der Waals surface area contributed by atoms with Crippen molar-refractivity contribution in [2.45, 2.75) is 33.2 Å². The first kappa shape index (κ1) is 13.0. The van der Waals surface area contributed by atoms with Gasteiger partial charge in [-0.2, -0.15) is 0 Å². The van der Waals surface area contributed by atoms with E-state index in [2.05, 4.69) is 36.1 Å². The van der Waals surface area contributed by atoms with E-state index in [1.54, 1.807) is 6.20 Å². The standard InChI is InChI=1S/C11H18ClN3O/c1-11(2,3)8(4-5-12)15-9-10(16)14-7-6-13-9/h6-8H,4-5H2,1-3H3,(H,13,15)(H,14,16).